The van der Waals surface area contributed by atoms with Crippen LogP contribution in [0.1, 0.15) is 25.1 Å². The lowest BCUT2D eigenvalue weighted by Gasteiger charge is -2.22. The van der Waals surface area contributed by atoms with Crippen LogP contribution in [0, 0.1) is 0 Å². The third-order valence-electron chi connectivity index (χ3n) is 4.40. The lowest BCUT2D eigenvalue weighted by atomic mass is 10.2. The topological polar surface area (TPSA) is 71.2 Å². The minimum atomic E-state index is -0.548. The van der Waals surface area contributed by atoms with Crippen molar-refractivity contribution in [1.82, 2.24) is 15.0 Å². The Hall–Kier alpha value is -2.09. The number of rotatable bonds is 12. The molecule has 0 amide bonds. The van der Waals surface area contributed by atoms with Crippen LogP contribution in [0.25, 0.3) is 0 Å². The number of likely N-dealkylation sites (N-methyl/N-ethyl adjacent to an activating group) is 1. The minimum Gasteiger partial charge on any atom is -0.493 e. The van der Waals surface area contributed by atoms with Crippen LogP contribution in [0.5, 0.6) is 11.5 Å². The fourth-order valence-electron chi connectivity index (χ4n) is 2.91. The molecule has 1 atom stereocenters. The SMILES string of the molecule is CCN(CC)C[C@H](O)COc1cc(CN(C)Cc2ccon2)ccc1OC. The van der Waals surface area contributed by atoms with Crippen LogP contribution in [0.4, 0.5) is 0 Å². The van der Waals surface area contributed by atoms with Gasteiger partial charge in [-0.25, -0.2) is 0 Å². The van der Waals surface area contributed by atoms with Crippen molar-refractivity contribution in [1.29, 1.82) is 0 Å². The van der Waals surface area contributed by atoms with E-state index in [9.17, 15) is 5.11 Å². The third kappa shape index (κ3) is 6.86. The van der Waals surface area contributed by atoms with Crippen molar-refractivity contribution in [3.8, 4) is 11.5 Å². The van der Waals surface area contributed by atoms with Crippen molar-refractivity contribution in [2.75, 3.05) is 40.4 Å². The van der Waals surface area contributed by atoms with Crippen LogP contribution in [-0.2, 0) is 13.1 Å². The van der Waals surface area contributed by atoms with Crippen molar-refractivity contribution in [2.45, 2.75) is 33.0 Å². The molecule has 150 valence electrons. The maximum absolute atomic E-state index is 10.2. The van der Waals surface area contributed by atoms with Gasteiger partial charge >= 0.3 is 0 Å². The van der Waals surface area contributed by atoms with Gasteiger partial charge in [0.15, 0.2) is 11.5 Å². The van der Waals surface area contributed by atoms with E-state index in [1.54, 1.807) is 13.4 Å². The highest BCUT2D eigenvalue weighted by atomic mass is 16.5. The first-order valence-corrected chi connectivity index (χ1v) is 9.33. The zero-order chi connectivity index (χ0) is 19.6. The second-order valence-electron chi connectivity index (χ2n) is 6.60. The van der Waals surface area contributed by atoms with Crippen molar-refractivity contribution < 1.29 is 19.1 Å². The second-order valence-corrected chi connectivity index (χ2v) is 6.60. The molecule has 0 aliphatic rings. The van der Waals surface area contributed by atoms with Crippen molar-refractivity contribution in [2.24, 2.45) is 0 Å². The molecular weight excluding hydrogens is 346 g/mol. The lowest BCUT2D eigenvalue weighted by molar-refractivity contribution is 0.0705. The molecule has 1 N–H and O–H groups in total. The first kappa shape index (κ1) is 21.2. The van der Waals surface area contributed by atoms with Crippen LogP contribution in [-0.4, -0.2) is 66.6 Å². The van der Waals surface area contributed by atoms with Gasteiger partial charge in [-0.3, -0.25) is 4.90 Å². The first-order valence-electron chi connectivity index (χ1n) is 9.33. The standard InChI is InChI=1S/C20H31N3O4/c1-5-23(6-2)14-18(24)15-26-20-11-16(7-8-19(20)25-4)12-22(3)13-17-9-10-27-21-17/h7-11,18,24H,5-6,12-15H2,1-4H3/t18-/m0/s1. The van der Waals surface area contributed by atoms with Gasteiger partial charge in [0.2, 0.25) is 0 Å². The van der Waals surface area contributed by atoms with Crippen LogP contribution in [0.2, 0.25) is 0 Å². The molecular formula is C20H31N3O4. The van der Waals surface area contributed by atoms with E-state index < -0.39 is 6.10 Å². The average Bonchev–Trinajstić information content (AvgIpc) is 3.17. The number of aliphatic hydroxyl groups excluding tert-OH is 1. The Bertz CT molecular complexity index is 659. The number of ether oxygens (including phenoxy) is 2. The highest BCUT2D eigenvalue weighted by molar-refractivity contribution is 5.43. The predicted molar refractivity (Wildman–Crippen MR) is 104 cm³/mol. The Balaban J connectivity index is 1.95. The summed E-state index contributed by atoms with van der Waals surface area (Å²) in [4.78, 5) is 4.30. The summed E-state index contributed by atoms with van der Waals surface area (Å²) in [6.07, 6.45) is 1.03. The van der Waals surface area contributed by atoms with E-state index in [-0.39, 0.29) is 6.61 Å². The molecule has 1 aromatic heterocycles. The van der Waals surface area contributed by atoms with Gasteiger partial charge in [-0.15, -0.1) is 0 Å². The molecule has 0 fully saturated rings. The molecule has 2 aromatic rings. The van der Waals surface area contributed by atoms with Gasteiger partial charge in [0.25, 0.3) is 0 Å². The van der Waals surface area contributed by atoms with Crippen molar-refractivity contribution >= 4 is 0 Å². The summed E-state index contributed by atoms with van der Waals surface area (Å²) in [5, 5.41) is 14.2. The van der Waals surface area contributed by atoms with E-state index in [0.717, 1.165) is 30.9 Å². The molecule has 0 aliphatic heterocycles. The number of hydrogen-bond donors (Lipinski definition) is 1. The largest absolute Gasteiger partial charge is 0.493 e. The predicted octanol–water partition coefficient (Wildman–Crippen LogP) is 2.40. The maximum Gasteiger partial charge on any atom is 0.161 e. The summed E-state index contributed by atoms with van der Waals surface area (Å²) in [5.41, 5.74) is 1.98. The fourth-order valence-corrected chi connectivity index (χ4v) is 2.91. The van der Waals surface area contributed by atoms with Gasteiger partial charge in [-0.2, -0.15) is 0 Å². The van der Waals surface area contributed by atoms with Crippen molar-refractivity contribution in [3.63, 3.8) is 0 Å². The van der Waals surface area contributed by atoms with Gasteiger partial charge in [0.05, 0.1) is 12.8 Å². The molecule has 0 radical (unpaired) electrons. The monoisotopic (exact) mass is 377 g/mol. The number of aromatic nitrogens is 1. The molecule has 1 heterocycles. The minimum absolute atomic E-state index is 0.227. The summed E-state index contributed by atoms with van der Waals surface area (Å²) < 4.78 is 16.1. The van der Waals surface area contributed by atoms with Gasteiger partial charge in [0, 0.05) is 25.7 Å². The summed E-state index contributed by atoms with van der Waals surface area (Å²) in [6.45, 7) is 8.23. The Morgan fingerprint density at radius 2 is 1.93 bits per heavy atom. The summed E-state index contributed by atoms with van der Waals surface area (Å²) >= 11 is 0. The Labute approximate surface area is 161 Å². The highest BCUT2D eigenvalue weighted by Crippen LogP contribution is 2.28. The van der Waals surface area contributed by atoms with Crippen LogP contribution < -0.4 is 9.47 Å². The lowest BCUT2D eigenvalue weighted by Crippen LogP contribution is -2.35. The van der Waals surface area contributed by atoms with E-state index in [2.05, 4.69) is 28.8 Å². The number of hydrogen-bond acceptors (Lipinski definition) is 7. The molecule has 0 aliphatic carbocycles. The summed E-state index contributed by atoms with van der Waals surface area (Å²) in [6, 6.07) is 7.72. The number of benzene rings is 1. The molecule has 27 heavy (non-hydrogen) atoms. The third-order valence-corrected chi connectivity index (χ3v) is 4.40. The van der Waals surface area contributed by atoms with E-state index >= 15 is 0 Å². The molecule has 0 spiro atoms. The summed E-state index contributed by atoms with van der Waals surface area (Å²) in [5.74, 6) is 1.30. The molecule has 1 aromatic carbocycles. The Kier molecular flexibility index (Phi) is 8.57. The molecule has 0 saturated carbocycles. The van der Waals surface area contributed by atoms with Crippen LogP contribution >= 0.6 is 0 Å². The quantitative estimate of drug-likeness (QED) is 0.609. The van der Waals surface area contributed by atoms with Crippen molar-refractivity contribution in [3.05, 3.63) is 41.8 Å². The molecule has 7 heteroatoms. The van der Waals surface area contributed by atoms with E-state index in [4.69, 9.17) is 14.0 Å². The second kappa shape index (κ2) is 10.9. The number of methoxy groups -OCH3 is 1. The van der Waals surface area contributed by atoms with E-state index in [0.29, 0.717) is 24.6 Å². The average molecular weight is 377 g/mol. The Morgan fingerprint density at radius 1 is 1.15 bits per heavy atom. The zero-order valence-corrected chi connectivity index (χ0v) is 16.7. The van der Waals surface area contributed by atoms with Gasteiger partial charge in [0.1, 0.15) is 19.0 Å². The molecule has 0 bridgehead atoms. The van der Waals surface area contributed by atoms with E-state index in [1.807, 2.05) is 31.3 Å². The summed E-state index contributed by atoms with van der Waals surface area (Å²) in [7, 11) is 3.64. The van der Waals surface area contributed by atoms with Gasteiger partial charge in [-0.1, -0.05) is 25.1 Å². The van der Waals surface area contributed by atoms with E-state index in [1.165, 1.54) is 0 Å². The van der Waals surface area contributed by atoms with Gasteiger partial charge < -0.3 is 24.0 Å². The van der Waals surface area contributed by atoms with Gasteiger partial charge in [-0.05, 0) is 37.8 Å². The fraction of sp³-hybridized carbons (Fsp3) is 0.550. The number of aliphatic hydroxyl groups is 1. The van der Waals surface area contributed by atoms with Crippen LogP contribution in [0.15, 0.2) is 35.1 Å². The highest BCUT2D eigenvalue weighted by Gasteiger charge is 2.13. The zero-order valence-electron chi connectivity index (χ0n) is 16.7. The molecule has 0 unspecified atom stereocenters. The maximum atomic E-state index is 10.2. The smallest absolute Gasteiger partial charge is 0.161 e. The first-order chi connectivity index (χ1) is 13.0. The molecule has 7 nitrogen and oxygen atoms in total. The Morgan fingerprint density at radius 3 is 2.56 bits per heavy atom. The number of nitrogens with zero attached hydrogens (tertiary/aromatic N) is 3. The molecule has 2 rings (SSSR count). The molecule has 0 saturated heterocycles. The normalized spacial score (nSPS) is 12.6. The van der Waals surface area contributed by atoms with Crippen LogP contribution in [0.3, 0.4) is 0 Å².